The Balaban J connectivity index is 2.09. The summed E-state index contributed by atoms with van der Waals surface area (Å²) in [5, 5.41) is 9.67. The van der Waals surface area contributed by atoms with Gasteiger partial charge < -0.3 is 14.7 Å². The maximum atomic E-state index is 12.3. The average molecular weight is 277 g/mol. The number of likely N-dealkylation sites (tertiary alicyclic amines) is 1. The smallest absolute Gasteiger partial charge is 0.328 e. The molecule has 1 N–H and O–H groups in total. The number of aliphatic hydroxyl groups excluding tert-OH is 1. The van der Waals surface area contributed by atoms with Crippen LogP contribution in [0.5, 0.6) is 0 Å². The van der Waals surface area contributed by atoms with E-state index < -0.39 is 18.1 Å². The number of carbonyl (C=O) groups excluding carboxylic acids is 2. The number of esters is 1. The third-order valence-corrected chi connectivity index (χ3v) is 3.51. The molecule has 1 heterocycles. The number of benzene rings is 1. The molecule has 0 saturated carbocycles. The highest BCUT2D eigenvalue weighted by Crippen LogP contribution is 2.20. The second-order valence-electron chi connectivity index (χ2n) is 5.14. The molecule has 2 rings (SSSR count). The Hall–Kier alpha value is -1.88. The summed E-state index contributed by atoms with van der Waals surface area (Å²) in [7, 11) is 1.29. The Morgan fingerprint density at radius 1 is 1.45 bits per heavy atom. The molecule has 0 aliphatic carbocycles. The van der Waals surface area contributed by atoms with Crippen LogP contribution in [0.4, 0.5) is 0 Å². The Kier molecular flexibility index (Phi) is 4.39. The minimum absolute atomic E-state index is 0.164. The molecule has 5 heteroatoms. The van der Waals surface area contributed by atoms with Crippen molar-refractivity contribution in [2.75, 3.05) is 13.7 Å². The minimum Gasteiger partial charge on any atom is -0.467 e. The molecule has 2 atom stereocenters. The first-order valence-electron chi connectivity index (χ1n) is 6.62. The number of hydrogen-bond donors (Lipinski definition) is 1. The van der Waals surface area contributed by atoms with Gasteiger partial charge in [-0.05, 0) is 12.5 Å². The maximum absolute atomic E-state index is 12.3. The largest absolute Gasteiger partial charge is 0.467 e. The van der Waals surface area contributed by atoms with Crippen molar-refractivity contribution >= 4 is 11.9 Å². The van der Waals surface area contributed by atoms with Gasteiger partial charge in [0, 0.05) is 13.0 Å². The maximum Gasteiger partial charge on any atom is 0.328 e. The van der Waals surface area contributed by atoms with E-state index >= 15 is 0 Å². The van der Waals surface area contributed by atoms with Crippen LogP contribution < -0.4 is 0 Å². The Morgan fingerprint density at radius 3 is 2.85 bits per heavy atom. The van der Waals surface area contributed by atoms with Gasteiger partial charge in [-0.15, -0.1) is 0 Å². The van der Waals surface area contributed by atoms with Crippen molar-refractivity contribution in [3.8, 4) is 0 Å². The number of aryl methyl sites for hydroxylation is 1. The van der Waals surface area contributed by atoms with E-state index in [2.05, 4.69) is 4.74 Å². The molecule has 108 valence electrons. The fourth-order valence-electron chi connectivity index (χ4n) is 2.55. The first-order valence-corrected chi connectivity index (χ1v) is 6.62. The van der Waals surface area contributed by atoms with E-state index in [4.69, 9.17) is 0 Å². The van der Waals surface area contributed by atoms with E-state index in [0.717, 1.165) is 11.1 Å². The molecular weight excluding hydrogens is 258 g/mol. The molecule has 1 aromatic rings. The van der Waals surface area contributed by atoms with Gasteiger partial charge in [-0.3, -0.25) is 4.79 Å². The number of amides is 1. The molecule has 1 aliphatic rings. The number of β-amino-alcohol motifs (C(OH)–C–C–N with tert-alkyl or cyclic N) is 1. The fraction of sp³-hybridized carbons (Fsp3) is 0.467. The number of methoxy groups -OCH3 is 1. The SMILES string of the molecule is COC(=O)C1CC(O)CN1C(=O)Cc1cccc(C)c1. The van der Waals surface area contributed by atoms with Crippen LogP contribution >= 0.6 is 0 Å². The van der Waals surface area contributed by atoms with Gasteiger partial charge in [0.15, 0.2) is 0 Å². The highest BCUT2D eigenvalue weighted by molar-refractivity contribution is 5.86. The number of aliphatic hydroxyl groups is 1. The van der Waals surface area contributed by atoms with E-state index in [0.29, 0.717) is 0 Å². The van der Waals surface area contributed by atoms with Crippen molar-refractivity contribution < 1.29 is 19.4 Å². The zero-order chi connectivity index (χ0) is 14.7. The monoisotopic (exact) mass is 277 g/mol. The van der Waals surface area contributed by atoms with Gasteiger partial charge in [0.2, 0.25) is 5.91 Å². The van der Waals surface area contributed by atoms with Crippen LogP contribution in [0.3, 0.4) is 0 Å². The third-order valence-electron chi connectivity index (χ3n) is 3.51. The summed E-state index contributed by atoms with van der Waals surface area (Å²) in [5.41, 5.74) is 1.99. The van der Waals surface area contributed by atoms with E-state index in [1.54, 1.807) is 0 Å². The molecule has 1 fully saturated rings. The lowest BCUT2D eigenvalue weighted by molar-refractivity contribution is -0.150. The van der Waals surface area contributed by atoms with Crippen LogP contribution in [0, 0.1) is 6.92 Å². The predicted octanol–water partition coefficient (Wildman–Crippen LogP) is 0.672. The summed E-state index contributed by atoms with van der Waals surface area (Å²) in [5.74, 6) is -0.637. The molecule has 1 saturated heterocycles. The molecular formula is C15H19NO4. The molecule has 0 bridgehead atoms. The number of rotatable bonds is 3. The summed E-state index contributed by atoms with van der Waals surface area (Å²) in [6.07, 6.45) is -0.200. The number of carbonyl (C=O) groups is 2. The molecule has 1 aliphatic heterocycles. The third kappa shape index (κ3) is 3.17. The Bertz CT molecular complexity index is 514. The summed E-state index contributed by atoms with van der Waals surface area (Å²) < 4.78 is 4.69. The molecule has 1 aromatic carbocycles. The van der Waals surface area contributed by atoms with Gasteiger partial charge in [0.25, 0.3) is 0 Å². The minimum atomic E-state index is -0.674. The molecule has 2 unspecified atom stereocenters. The predicted molar refractivity (Wildman–Crippen MR) is 73.0 cm³/mol. The molecule has 1 amide bonds. The topological polar surface area (TPSA) is 66.8 Å². The van der Waals surface area contributed by atoms with Crippen LogP contribution in [-0.4, -0.2) is 47.7 Å². The van der Waals surface area contributed by atoms with Crippen molar-refractivity contribution in [1.29, 1.82) is 0 Å². The molecule has 20 heavy (non-hydrogen) atoms. The second kappa shape index (κ2) is 6.05. The van der Waals surface area contributed by atoms with E-state index in [1.807, 2.05) is 31.2 Å². The van der Waals surface area contributed by atoms with Crippen LogP contribution in [0.25, 0.3) is 0 Å². The lowest BCUT2D eigenvalue weighted by atomic mass is 10.1. The highest BCUT2D eigenvalue weighted by Gasteiger charge is 2.39. The van der Waals surface area contributed by atoms with Crippen LogP contribution in [-0.2, 0) is 20.7 Å². The van der Waals surface area contributed by atoms with Crippen molar-refractivity contribution in [2.24, 2.45) is 0 Å². The first kappa shape index (κ1) is 14.5. The molecule has 0 radical (unpaired) electrons. The van der Waals surface area contributed by atoms with Crippen molar-refractivity contribution in [2.45, 2.75) is 31.9 Å². The van der Waals surface area contributed by atoms with Gasteiger partial charge in [0.1, 0.15) is 6.04 Å². The van der Waals surface area contributed by atoms with Gasteiger partial charge in [-0.2, -0.15) is 0 Å². The summed E-state index contributed by atoms with van der Waals surface area (Å²) in [6.45, 7) is 2.15. The van der Waals surface area contributed by atoms with Crippen molar-refractivity contribution in [3.63, 3.8) is 0 Å². The van der Waals surface area contributed by atoms with Crippen LogP contribution in [0.1, 0.15) is 17.5 Å². The average Bonchev–Trinajstić information content (AvgIpc) is 2.80. The zero-order valence-electron chi connectivity index (χ0n) is 11.7. The van der Waals surface area contributed by atoms with E-state index in [1.165, 1.54) is 12.0 Å². The summed E-state index contributed by atoms with van der Waals surface area (Å²) >= 11 is 0. The Morgan fingerprint density at radius 2 is 2.20 bits per heavy atom. The standard InChI is InChI=1S/C15H19NO4/c1-10-4-3-5-11(6-10)7-14(18)16-9-12(17)8-13(16)15(19)20-2/h3-6,12-13,17H,7-9H2,1-2H3. The van der Waals surface area contributed by atoms with E-state index in [-0.39, 0.29) is 25.3 Å². The first-order chi connectivity index (χ1) is 9.51. The van der Waals surface area contributed by atoms with Crippen molar-refractivity contribution in [1.82, 2.24) is 4.90 Å². The zero-order valence-corrected chi connectivity index (χ0v) is 11.7. The van der Waals surface area contributed by atoms with Gasteiger partial charge >= 0.3 is 5.97 Å². The van der Waals surface area contributed by atoms with Crippen LogP contribution in [0.15, 0.2) is 24.3 Å². The molecule has 0 spiro atoms. The van der Waals surface area contributed by atoms with Gasteiger partial charge in [-0.25, -0.2) is 4.79 Å². The number of nitrogens with zero attached hydrogens (tertiary/aromatic N) is 1. The molecule has 0 aromatic heterocycles. The van der Waals surface area contributed by atoms with Crippen LogP contribution in [0.2, 0.25) is 0 Å². The van der Waals surface area contributed by atoms with Crippen molar-refractivity contribution in [3.05, 3.63) is 35.4 Å². The number of hydrogen-bond acceptors (Lipinski definition) is 4. The highest BCUT2D eigenvalue weighted by atomic mass is 16.5. The lowest BCUT2D eigenvalue weighted by Crippen LogP contribution is -2.42. The van der Waals surface area contributed by atoms with Gasteiger partial charge in [0.05, 0.1) is 19.6 Å². The van der Waals surface area contributed by atoms with E-state index in [9.17, 15) is 14.7 Å². The quantitative estimate of drug-likeness (QED) is 0.825. The number of ether oxygens (including phenoxy) is 1. The van der Waals surface area contributed by atoms with Gasteiger partial charge in [-0.1, -0.05) is 29.8 Å². The summed E-state index contributed by atoms with van der Waals surface area (Å²) in [6, 6.07) is 7.01. The summed E-state index contributed by atoms with van der Waals surface area (Å²) in [4.78, 5) is 25.4. The molecule has 5 nitrogen and oxygen atoms in total. The fourth-order valence-corrected chi connectivity index (χ4v) is 2.55. The lowest BCUT2D eigenvalue weighted by Gasteiger charge is -2.22. The normalized spacial score (nSPS) is 21.9. The second-order valence-corrected chi connectivity index (χ2v) is 5.14. The Labute approximate surface area is 118 Å².